The van der Waals surface area contributed by atoms with Gasteiger partial charge in [-0.05, 0) is 24.1 Å². The zero-order valence-electron chi connectivity index (χ0n) is 11.5. The molecule has 0 saturated heterocycles. The molecule has 0 atom stereocenters. The number of halogens is 1. The summed E-state index contributed by atoms with van der Waals surface area (Å²) in [6.45, 7) is 4.11. The summed E-state index contributed by atoms with van der Waals surface area (Å²) >= 11 is 7.06. The Morgan fingerprint density at radius 1 is 1.38 bits per heavy atom. The van der Waals surface area contributed by atoms with Crippen molar-refractivity contribution in [1.82, 2.24) is 10.2 Å². The highest BCUT2D eigenvalue weighted by atomic mass is 35.5. The Morgan fingerprint density at radius 2 is 2.10 bits per heavy atom. The van der Waals surface area contributed by atoms with Crippen LogP contribution in [-0.4, -0.2) is 18.6 Å². The molecular formula is C12H15ClN4O2S2. The first-order valence-corrected chi connectivity index (χ1v) is 8.86. The molecule has 2 aromatic rings. The lowest BCUT2D eigenvalue weighted by Gasteiger charge is -2.06. The molecule has 0 bridgehead atoms. The van der Waals surface area contributed by atoms with Crippen LogP contribution >= 0.6 is 22.9 Å². The average Bonchev–Trinajstić information content (AvgIpc) is 2.78. The van der Waals surface area contributed by atoms with Crippen LogP contribution in [0.4, 0.5) is 10.8 Å². The maximum Gasteiger partial charge on any atom is 0.263 e. The Bertz CT molecular complexity index is 743. The number of hydrogen-bond donors (Lipinski definition) is 2. The van der Waals surface area contributed by atoms with Gasteiger partial charge in [0.1, 0.15) is 5.01 Å². The van der Waals surface area contributed by atoms with Crippen LogP contribution in [0.15, 0.2) is 23.1 Å². The lowest BCUT2D eigenvalue weighted by Crippen LogP contribution is -2.13. The third kappa shape index (κ3) is 4.05. The molecule has 2 rings (SSSR count). The number of nitrogens with two attached hydrogens (primary N) is 1. The van der Waals surface area contributed by atoms with Crippen LogP contribution in [0.1, 0.15) is 18.9 Å². The van der Waals surface area contributed by atoms with Crippen LogP contribution in [0.25, 0.3) is 0 Å². The fraction of sp³-hybridized carbons (Fsp3) is 0.333. The molecule has 1 aromatic heterocycles. The molecule has 3 N–H and O–H groups in total. The van der Waals surface area contributed by atoms with Crippen molar-refractivity contribution in [2.45, 2.75) is 25.2 Å². The second-order valence-corrected chi connectivity index (χ2v) is 8.04. The molecule has 0 fully saturated rings. The van der Waals surface area contributed by atoms with Crippen LogP contribution in [0.5, 0.6) is 0 Å². The molecule has 0 spiro atoms. The first-order chi connectivity index (χ1) is 9.78. The number of nitrogens with zero attached hydrogens (tertiary/aromatic N) is 2. The first kappa shape index (κ1) is 16.0. The van der Waals surface area contributed by atoms with Crippen molar-refractivity contribution >= 4 is 43.8 Å². The van der Waals surface area contributed by atoms with E-state index in [1.807, 2.05) is 0 Å². The van der Waals surface area contributed by atoms with Crippen LogP contribution in [0.3, 0.4) is 0 Å². The standard InChI is InChI=1S/C12H15ClN4O2S2/c1-7(2)5-11-15-16-12(20-11)17-21(18,19)8-3-4-10(14)9(13)6-8/h3-4,6-7H,5,14H2,1-2H3,(H,16,17). The van der Waals surface area contributed by atoms with Crippen molar-refractivity contribution in [3.05, 3.63) is 28.2 Å². The second kappa shape index (κ2) is 6.17. The minimum Gasteiger partial charge on any atom is -0.398 e. The van der Waals surface area contributed by atoms with E-state index in [0.29, 0.717) is 11.6 Å². The van der Waals surface area contributed by atoms with Gasteiger partial charge in [0.25, 0.3) is 10.0 Å². The van der Waals surface area contributed by atoms with E-state index in [1.54, 1.807) is 0 Å². The zero-order valence-corrected chi connectivity index (χ0v) is 13.9. The summed E-state index contributed by atoms with van der Waals surface area (Å²) in [5.41, 5.74) is 5.89. The number of benzene rings is 1. The Morgan fingerprint density at radius 3 is 2.71 bits per heavy atom. The lowest BCUT2D eigenvalue weighted by atomic mass is 10.1. The van der Waals surface area contributed by atoms with E-state index >= 15 is 0 Å². The molecule has 21 heavy (non-hydrogen) atoms. The predicted molar refractivity (Wildman–Crippen MR) is 85.1 cm³/mol. The number of sulfonamides is 1. The number of nitrogens with one attached hydrogen (secondary N) is 1. The summed E-state index contributed by atoms with van der Waals surface area (Å²) in [5, 5.41) is 9.02. The van der Waals surface area contributed by atoms with Gasteiger partial charge in [-0.1, -0.05) is 36.8 Å². The summed E-state index contributed by atoms with van der Waals surface area (Å²) in [7, 11) is -3.75. The summed E-state index contributed by atoms with van der Waals surface area (Å²) in [5.74, 6) is 0.429. The number of aromatic nitrogens is 2. The highest BCUT2D eigenvalue weighted by molar-refractivity contribution is 7.93. The van der Waals surface area contributed by atoms with Gasteiger partial charge < -0.3 is 5.73 Å². The fourth-order valence-corrected chi connectivity index (χ4v) is 4.03. The van der Waals surface area contributed by atoms with Gasteiger partial charge in [-0.25, -0.2) is 8.42 Å². The van der Waals surface area contributed by atoms with Crippen molar-refractivity contribution < 1.29 is 8.42 Å². The molecule has 6 nitrogen and oxygen atoms in total. The summed E-state index contributed by atoms with van der Waals surface area (Å²) in [6, 6.07) is 4.14. The van der Waals surface area contributed by atoms with Crippen molar-refractivity contribution in [3.63, 3.8) is 0 Å². The van der Waals surface area contributed by atoms with Gasteiger partial charge in [-0.15, -0.1) is 10.2 Å². The molecule has 0 aliphatic heterocycles. The monoisotopic (exact) mass is 346 g/mol. The molecule has 0 aliphatic rings. The molecule has 0 amide bonds. The number of hydrogen-bond acceptors (Lipinski definition) is 6. The van der Waals surface area contributed by atoms with Crippen molar-refractivity contribution in [2.24, 2.45) is 5.92 Å². The van der Waals surface area contributed by atoms with E-state index in [9.17, 15) is 8.42 Å². The molecule has 1 aromatic carbocycles. The largest absolute Gasteiger partial charge is 0.398 e. The normalized spacial score (nSPS) is 11.8. The van der Waals surface area contributed by atoms with Crippen molar-refractivity contribution in [2.75, 3.05) is 10.5 Å². The zero-order chi connectivity index (χ0) is 15.6. The van der Waals surface area contributed by atoms with Gasteiger partial charge in [-0.2, -0.15) is 0 Å². The molecule has 0 saturated carbocycles. The van der Waals surface area contributed by atoms with Gasteiger partial charge in [-0.3, -0.25) is 4.72 Å². The quantitative estimate of drug-likeness (QED) is 0.811. The summed E-state index contributed by atoms with van der Waals surface area (Å²) in [4.78, 5) is 0.0299. The Hall–Kier alpha value is -1.38. The maximum absolute atomic E-state index is 12.2. The minimum absolute atomic E-state index is 0.0299. The Labute approximate surface area is 132 Å². The maximum atomic E-state index is 12.2. The van der Waals surface area contributed by atoms with Gasteiger partial charge in [0, 0.05) is 6.42 Å². The molecule has 9 heteroatoms. The average molecular weight is 347 g/mol. The fourth-order valence-electron chi connectivity index (χ4n) is 1.58. The van der Waals surface area contributed by atoms with E-state index in [-0.39, 0.29) is 15.0 Å². The minimum atomic E-state index is -3.75. The van der Waals surface area contributed by atoms with Crippen molar-refractivity contribution in [1.29, 1.82) is 0 Å². The Balaban J connectivity index is 2.20. The summed E-state index contributed by atoms with van der Waals surface area (Å²) < 4.78 is 26.8. The molecule has 114 valence electrons. The first-order valence-electron chi connectivity index (χ1n) is 6.18. The number of anilines is 2. The van der Waals surface area contributed by atoms with E-state index in [0.717, 1.165) is 11.4 Å². The van der Waals surface area contributed by atoms with E-state index in [1.165, 1.54) is 29.5 Å². The second-order valence-electron chi connectivity index (χ2n) is 4.89. The topological polar surface area (TPSA) is 98.0 Å². The predicted octanol–water partition coefficient (Wildman–Crippen LogP) is 2.77. The van der Waals surface area contributed by atoms with Gasteiger partial charge in [0.15, 0.2) is 0 Å². The molecule has 0 unspecified atom stereocenters. The summed E-state index contributed by atoms with van der Waals surface area (Å²) in [6.07, 6.45) is 0.757. The number of nitrogen functional groups attached to an aromatic ring is 1. The third-order valence-corrected chi connectivity index (χ3v) is 5.21. The van der Waals surface area contributed by atoms with E-state index in [4.69, 9.17) is 17.3 Å². The van der Waals surface area contributed by atoms with Gasteiger partial charge in [0.2, 0.25) is 5.13 Å². The van der Waals surface area contributed by atoms with Crippen LogP contribution in [0, 0.1) is 5.92 Å². The third-order valence-electron chi connectivity index (χ3n) is 2.55. The molecular weight excluding hydrogens is 332 g/mol. The highest BCUT2D eigenvalue weighted by Crippen LogP contribution is 2.25. The Kier molecular flexibility index (Phi) is 4.70. The molecule has 0 aliphatic carbocycles. The van der Waals surface area contributed by atoms with Crippen LogP contribution in [-0.2, 0) is 16.4 Å². The lowest BCUT2D eigenvalue weighted by molar-refractivity contribution is 0.601. The van der Waals surface area contributed by atoms with E-state index in [2.05, 4.69) is 28.8 Å². The molecule has 0 radical (unpaired) electrons. The SMILES string of the molecule is CC(C)Cc1nnc(NS(=O)(=O)c2ccc(N)c(Cl)c2)s1. The van der Waals surface area contributed by atoms with E-state index < -0.39 is 10.0 Å². The highest BCUT2D eigenvalue weighted by Gasteiger charge is 2.18. The van der Waals surface area contributed by atoms with Crippen LogP contribution < -0.4 is 10.5 Å². The smallest absolute Gasteiger partial charge is 0.263 e. The van der Waals surface area contributed by atoms with Gasteiger partial charge in [0.05, 0.1) is 15.6 Å². The van der Waals surface area contributed by atoms with Gasteiger partial charge >= 0.3 is 0 Å². The molecule has 1 heterocycles. The van der Waals surface area contributed by atoms with Crippen molar-refractivity contribution in [3.8, 4) is 0 Å². The number of rotatable bonds is 5. The van der Waals surface area contributed by atoms with Crippen LogP contribution in [0.2, 0.25) is 5.02 Å².